The molecule has 1 atom stereocenters. The Morgan fingerprint density at radius 1 is 1.38 bits per heavy atom. The molecule has 5 heteroatoms. The second-order valence-corrected chi connectivity index (χ2v) is 6.08. The van der Waals surface area contributed by atoms with Crippen molar-refractivity contribution in [1.29, 1.82) is 0 Å². The van der Waals surface area contributed by atoms with Crippen molar-refractivity contribution in [2.24, 2.45) is 0 Å². The Morgan fingerprint density at radius 3 is 2.75 bits per heavy atom. The number of aromatic nitrogens is 1. The van der Waals surface area contributed by atoms with Gasteiger partial charge in [0.05, 0.1) is 6.04 Å². The van der Waals surface area contributed by atoms with Gasteiger partial charge in [0.15, 0.2) is 5.82 Å². The van der Waals surface area contributed by atoms with Gasteiger partial charge in [-0.2, -0.15) is 0 Å². The van der Waals surface area contributed by atoms with Gasteiger partial charge in [-0.1, -0.05) is 48.5 Å². The number of hydrogen-bond acceptors (Lipinski definition) is 4. The highest BCUT2D eigenvalue weighted by Gasteiger charge is 2.26. The molecule has 1 amide bonds. The van der Waals surface area contributed by atoms with E-state index in [1.807, 2.05) is 13.0 Å². The van der Waals surface area contributed by atoms with Gasteiger partial charge in [-0.15, -0.1) is 0 Å². The van der Waals surface area contributed by atoms with Crippen molar-refractivity contribution in [1.82, 2.24) is 10.1 Å². The van der Waals surface area contributed by atoms with Crippen LogP contribution in [0.15, 0.2) is 47.0 Å². The molecule has 1 aromatic carbocycles. The Balaban J connectivity index is 1.64. The van der Waals surface area contributed by atoms with E-state index in [0.717, 1.165) is 25.9 Å². The minimum Gasteiger partial charge on any atom is -0.360 e. The smallest absolute Gasteiger partial charge is 0.242 e. The molecular formula is C19H23N3O2. The highest BCUT2D eigenvalue weighted by atomic mass is 16.5. The molecule has 0 fully saturated rings. The third-order valence-corrected chi connectivity index (χ3v) is 4.39. The molecule has 1 aromatic heterocycles. The average Bonchev–Trinajstić information content (AvgIpc) is 3.02. The van der Waals surface area contributed by atoms with Gasteiger partial charge in [0.1, 0.15) is 5.76 Å². The maximum atomic E-state index is 12.5. The number of carbonyl (C=O) groups is 1. The number of anilines is 1. The van der Waals surface area contributed by atoms with Crippen molar-refractivity contribution in [3.05, 3.63) is 53.8 Å². The molecule has 0 saturated heterocycles. The second-order valence-electron chi connectivity index (χ2n) is 6.08. The molecule has 2 heterocycles. The first-order valence-corrected chi connectivity index (χ1v) is 8.40. The monoisotopic (exact) mass is 325 g/mol. The molecule has 1 aliphatic heterocycles. The van der Waals surface area contributed by atoms with Crippen LogP contribution in [-0.4, -0.2) is 35.1 Å². The van der Waals surface area contributed by atoms with Crippen molar-refractivity contribution in [3.63, 3.8) is 0 Å². The Labute approximate surface area is 142 Å². The van der Waals surface area contributed by atoms with Crippen molar-refractivity contribution in [3.8, 4) is 0 Å². The molecule has 1 N–H and O–H groups in total. The molecule has 24 heavy (non-hydrogen) atoms. The van der Waals surface area contributed by atoms with Crippen molar-refractivity contribution in [2.45, 2.75) is 32.7 Å². The standard InChI is InChI=1S/C19H23N3O2/c1-3-17(19(23)20-18-13-14(2)24-21-18)22-11-9-16(10-12-22)15-7-5-4-6-8-15/h4-9,13,17H,3,10-12H2,1-2H3,(H,20,21,23)/t17-/m0/s1. The fraction of sp³-hybridized carbons (Fsp3) is 0.368. The number of benzene rings is 1. The van der Waals surface area contributed by atoms with E-state index >= 15 is 0 Å². The number of nitrogens with zero attached hydrogens (tertiary/aromatic N) is 2. The summed E-state index contributed by atoms with van der Waals surface area (Å²) in [5, 5.41) is 6.68. The SMILES string of the molecule is CC[C@@H](C(=O)Nc1cc(C)on1)N1CC=C(c2ccccc2)CC1. The molecule has 0 saturated carbocycles. The first-order valence-electron chi connectivity index (χ1n) is 8.40. The molecule has 126 valence electrons. The van der Waals surface area contributed by atoms with Gasteiger partial charge in [-0.25, -0.2) is 0 Å². The van der Waals surface area contributed by atoms with E-state index in [9.17, 15) is 4.79 Å². The highest BCUT2D eigenvalue weighted by molar-refractivity contribution is 5.94. The van der Waals surface area contributed by atoms with Gasteiger partial charge in [-0.05, 0) is 30.9 Å². The van der Waals surface area contributed by atoms with Gasteiger partial charge in [0.2, 0.25) is 5.91 Å². The zero-order valence-corrected chi connectivity index (χ0v) is 14.2. The lowest BCUT2D eigenvalue weighted by Crippen LogP contribution is -2.45. The highest BCUT2D eigenvalue weighted by Crippen LogP contribution is 2.24. The van der Waals surface area contributed by atoms with Gasteiger partial charge < -0.3 is 9.84 Å². The molecule has 0 spiro atoms. The van der Waals surface area contributed by atoms with Crippen LogP contribution in [0, 0.1) is 6.92 Å². The topological polar surface area (TPSA) is 58.4 Å². The first-order chi connectivity index (χ1) is 11.7. The third-order valence-electron chi connectivity index (χ3n) is 4.39. The zero-order valence-electron chi connectivity index (χ0n) is 14.2. The van der Waals surface area contributed by atoms with Crippen LogP contribution in [0.25, 0.3) is 5.57 Å². The van der Waals surface area contributed by atoms with Crippen LogP contribution in [0.2, 0.25) is 0 Å². The summed E-state index contributed by atoms with van der Waals surface area (Å²) in [4.78, 5) is 14.8. The molecule has 2 aromatic rings. The molecular weight excluding hydrogens is 302 g/mol. The maximum absolute atomic E-state index is 12.5. The van der Waals surface area contributed by atoms with Crippen LogP contribution in [0.4, 0.5) is 5.82 Å². The van der Waals surface area contributed by atoms with Crippen molar-refractivity contribution >= 4 is 17.3 Å². The summed E-state index contributed by atoms with van der Waals surface area (Å²) >= 11 is 0. The van der Waals surface area contributed by atoms with Gasteiger partial charge in [0, 0.05) is 19.2 Å². The van der Waals surface area contributed by atoms with Crippen LogP contribution in [-0.2, 0) is 4.79 Å². The van der Waals surface area contributed by atoms with Crippen molar-refractivity contribution in [2.75, 3.05) is 18.4 Å². The molecule has 0 radical (unpaired) electrons. The zero-order chi connectivity index (χ0) is 16.9. The summed E-state index contributed by atoms with van der Waals surface area (Å²) in [6.45, 7) is 5.51. The van der Waals surface area contributed by atoms with E-state index in [1.165, 1.54) is 11.1 Å². The third kappa shape index (κ3) is 3.74. The van der Waals surface area contributed by atoms with Crippen LogP contribution in [0.5, 0.6) is 0 Å². The lowest BCUT2D eigenvalue weighted by atomic mass is 9.98. The lowest BCUT2D eigenvalue weighted by Gasteiger charge is -2.32. The molecule has 0 unspecified atom stereocenters. The fourth-order valence-corrected chi connectivity index (χ4v) is 3.13. The number of nitrogens with one attached hydrogen (secondary N) is 1. The number of carbonyl (C=O) groups excluding carboxylic acids is 1. The quantitative estimate of drug-likeness (QED) is 0.914. The van der Waals surface area contributed by atoms with E-state index in [-0.39, 0.29) is 11.9 Å². The van der Waals surface area contributed by atoms with E-state index in [0.29, 0.717) is 11.6 Å². The molecule has 5 nitrogen and oxygen atoms in total. The van der Waals surface area contributed by atoms with Gasteiger partial charge in [-0.3, -0.25) is 9.69 Å². The number of aryl methyl sites for hydroxylation is 1. The minimum absolute atomic E-state index is 0.0256. The van der Waals surface area contributed by atoms with E-state index in [2.05, 4.69) is 45.7 Å². The van der Waals surface area contributed by atoms with Crippen LogP contribution in [0.1, 0.15) is 31.1 Å². The molecule has 1 aliphatic rings. The summed E-state index contributed by atoms with van der Waals surface area (Å²) in [5.74, 6) is 1.14. The largest absolute Gasteiger partial charge is 0.360 e. The minimum atomic E-state index is -0.157. The van der Waals surface area contributed by atoms with Crippen molar-refractivity contribution < 1.29 is 9.32 Å². The summed E-state index contributed by atoms with van der Waals surface area (Å²) in [6, 6.07) is 12.0. The molecule has 0 bridgehead atoms. The van der Waals surface area contributed by atoms with Gasteiger partial charge >= 0.3 is 0 Å². The Bertz CT molecular complexity index is 721. The van der Waals surface area contributed by atoms with E-state index < -0.39 is 0 Å². The summed E-state index contributed by atoms with van der Waals surface area (Å²) < 4.78 is 5.00. The molecule has 3 rings (SSSR count). The van der Waals surface area contributed by atoms with E-state index in [4.69, 9.17) is 4.52 Å². The van der Waals surface area contributed by atoms with Crippen LogP contribution >= 0.6 is 0 Å². The van der Waals surface area contributed by atoms with Crippen LogP contribution in [0.3, 0.4) is 0 Å². The Hall–Kier alpha value is -2.40. The predicted octanol–water partition coefficient (Wildman–Crippen LogP) is 3.49. The fourth-order valence-electron chi connectivity index (χ4n) is 3.13. The second kappa shape index (κ2) is 7.45. The first kappa shape index (κ1) is 16.5. The number of amides is 1. The Morgan fingerprint density at radius 2 is 2.17 bits per heavy atom. The maximum Gasteiger partial charge on any atom is 0.242 e. The molecule has 0 aliphatic carbocycles. The average molecular weight is 325 g/mol. The number of hydrogen-bond donors (Lipinski definition) is 1. The van der Waals surface area contributed by atoms with Gasteiger partial charge in [0.25, 0.3) is 0 Å². The summed E-state index contributed by atoms with van der Waals surface area (Å²) in [7, 11) is 0. The Kier molecular flexibility index (Phi) is 5.11. The predicted molar refractivity (Wildman–Crippen MR) is 94.6 cm³/mol. The normalized spacial score (nSPS) is 16.5. The van der Waals surface area contributed by atoms with E-state index in [1.54, 1.807) is 13.0 Å². The number of rotatable bonds is 5. The van der Waals surface area contributed by atoms with Crippen LogP contribution < -0.4 is 5.32 Å². The summed E-state index contributed by atoms with van der Waals surface area (Å²) in [5.41, 5.74) is 2.63. The summed E-state index contributed by atoms with van der Waals surface area (Å²) in [6.07, 6.45) is 3.95. The lowest BCUT2D eigenvalue weighted by molar-refractivity contribution is -0.121.